The quantitative estimate of drug-likeness (QED) is 0.623. The molecule has 2 aliphatic heterocycles. The second-order valence-corrected chi connectivity index (χ2v) is 6.52. The molecule has 3 amide bonds. The Morgan fingerprint density at radius 2 is 1.76 bits per heavy atom. The summed E-state index contributed by atoms with van der Waals surface area (Å²) >= 11 is 0. The fourth-order valence-electron chi connectivity index (χ4n) is 3.25. The third-order valence-corrected chi connectivity index (χ3v) is 4.66. The number of nitrogens with one attached hydrogen (secondary N) is 1. The van der Waals surface area contributed by atoms with Gasteiger partial charge in [0.05, 0.1) is 5.69 Å². The van der Waals surface area contributed by atoms with Crippen molar-refractivity contribution in [1.29, 1.82) is 0 Å². The van der Waals surface area contributed by atoms with Crippen molar-refractivity contribution in [3.05, 3.63) is 60.2 Å². The normalized spacial score (nSPS) is 18.6. The molecule has 0 bridgehead atoms. The van der Waals surface area contributed by atoms with Crippen LogP contribution in [0.15, 0.2) is 53.6 Å². The van der Waals surface area contributed by atoms with Crippen molar-refractivity contribution in [2.75, 3.05) is 29.9 Å². The van der Waals surface area contributed by atoms with Gasteiger partial charge in [0.25, 0.3) is 18.7 Å². The number of para-hydroxylation sites is 1. The van der Waals surface area contributed by atoms with Crippen LogP contribution in [0.4, 0.5) is 20.2 Å². The van der Waals surface area contributed by atoms with Gasteiger partial charge in [0.1, 0.15) is 11.6 Å². The fraction of sp³-hybridized carbons (Fsp3) is 0.211. The van der Waals surface area contributed by atoms with Gasteiger partial charge in [-0.05, 0) is 41.1 Å². The highest BCUT2D eigenvalue weighted by Crippen LogP contribution is 2.27. The monoisotopic (exact) mass is 400 g/mol. The maximum atomic E-state index is 13.7. The predicted molar refractivity (Wildman–Crippen MR) is 96.8 cm³/mol. The van der Waals surface area contributed by atoms with Crippen LogP contribution in [0.25, 0.3) is 0 Å². The Morgan fingerprint density at radius 3 is 2.48 bits per heavy atom. The van der Waals surface area contributed by atoms with Crippen molar-refractivity contribution in [3.63, 3.8) is 0 Å². The van der Waals surface area contributed by atoms with Gasteiger partial charge in [0, 0.05) is 23.9 Å². The van der Waals surface area contributed by atoms with Crippen molar-refractivity contribution in [2.24, 2.45) is 5.11 Å². The van der Waals surface area contributed by atoms with Gasteiger partial charge in [-0.25, -0.2) is 13.6 Å². The molecule has 2 aromatic rings. The predicted octanol–water partition coefficient (Wildman–Crippen LogP) is 1.54. The molecular weight excluding hydrogens is 384 g/mol. The standard InChI is InChI=1S/C19H15F2N5O3/c20-12-5-7-13(8-6-12)24-9-10-25-17(28)18(29)26(23-19(24)25)11-16(27)22-15-4-2-1-3-14(15)21/h1-8,19H,9-11H2/p+1. The summed E-state index contributed by atoms with van der Waals surface area (Å²) in [7, 11) is 0. The maximum absolute atomic E-state index is 13.7. The van der Waals surface area contributed by atoms with E-state index in [1.54, 1.807) is 23.1 Å². The minimum Gasteiger partial charge on any atom is -0.326 e. The van der Waals surface area contributed by atoms with Crippen LogP contribution in [0.5, 0.6) is 0 Å². The molecule has 8 nitrogen and oxygen atoms in total. The molecule has 0 radical (unpaired) electrons. The number of hydrogen-bond acceptors (Lipinski definition) is 5. The summed E-state index contributed by atoms with van der Waals surface area (Å²) in [5.41, 5.74) is 0.587. The minimum atomic E-state index is -0.939. The van der Waals surface area contributed by atoms with Crippen LogP contribution in [0.2, 0.25) is 0 Å². The van der Waals surface area contributed by atoms with Crippen LogP contribution in [0, 0.1) is 11.6 Å². The fourth-order valence-corrected chi connectivity index (χ4v) is 3.25. The summed E-state index contributed by atoms with van der Waals surface area (Å²) in [5, 5.41) is 6.58. The molecule has 0 aliphatic carbocycles. The number of halogens is 2. The highest BCUT2D eigenvalue weighted by molar-refractivity contribution is 6.32. The van der Waals surface area contributed by atoms with E-state index in [-0.39, 0.29) is 12.2 Å². The van der Waals surface area contributed by atoms with Crippen LogP contribution < -0.4 is 10.2 Å². The number of fused-ring (bicyclic) bond motifs is 1. The molecule has 1 saturated heterocycles. The van der Waals surface area contributed by atoms with Crippen LogP contribution in [0.3, 0.4) is 0 Å². The Bertz CT molecular complexity index is 1020. The molecule has 0 aromatic heterocycles. The molecule has 2 aromatic carbocycles. The molecule has 2 aliphatic rings. The molecule has 0 spiro atoms. The Hall–Kier alpha value is -3.69. The van der Waals surface area contributed by atoms with Crippen molar-refractivity contribution in [2.45, 2.75) is 6.29 Å². The maximum Gasteiger partial charge on any atom is 0.502 e. The first-order valence-electron chi connectivity index (χ1n) is 8.84. The first kappa shape index (κ1) is 18.7. The number of azo groups is 2. The first-order valence-corrected chi connectivity index (χ1v) is 8.84. The summed E-state index contributed by atoms with van der Waals surface area (Å²) in [6.45, 7) is 0.125. The second-order valence-electron chi connectivity index (χ2n) is 6.52. The average Bonchev–Trinajstić information content (AvgIpc) is 3.12. The minimum absolute atomic E-state index is 0.0382. The lowest BCUT2D eigenvalue weighted by Crippen LogP contribution is -2.52. The van der Waals surface area contributed by atoms with Crippen LogP contribution in [-0.2, 0) is 14.4 Å². The summed E-state index contributed by atoms with van der Waals surface area (Å²) < 4.78 is 27.7. The summed E-state index contributed by atoms with van der Waals surface area (Å²) in [4.78, 5) is 40.0. The van der Waals surface area contributed by atoms with Gasteiger partial charge in [-0.2, -0.15) is 0 Å². The molecule has 29 heavy (non-hydrogen) atoms. The van der Waals surface area contributed by atoms with Gasteiger partial charge in [0.2, 0.25) is 0 Å². The lowest BCUT2D eigenvalue weighted by Gasteiger charge is -2.26. The Morgan fingerprint density at radius 1 is 1.07 bits per heavy atom. The number of nitrogens with zero attached hydrogens (tertiary/aromatic N) is 4. The number of amides is 3. The first-order chi connectivity index (χ1) is 13.9. The number of anilines is 2. The Labute approximate surface area is 164 Å². The van der Waals surface area contributed by atoms with E-state index < -0.39 is 42.2 Å². The van der Waals surface area contributed by atoms with Crippen LogP contribution in [-0.4, -0.2) is 53.2 Å². The van der Waals surface area contributed by atoms with Crippen LogP contribution in [0.1, 0.15) is 0 Å². The molecule has 1 N–H and O–H groups in total. The zero-order chi connectivity index (χ0) is 20.5. The third-order valence-electron chi connectivity index (χ3n) is 4.66. The number of carbonyl (C=O) groups is 3. The highest BCUT2D eigenvalue weighted by Gasteiger charge is 2.49. The molecular formula is C19H16F2N5O3+. The van der Waals surface area contributed by atoms with Gasteiger partial charge < -0.3 is 10.2 Å². The molecule has 1 fully saturated rings. The number of benzene rings is 2. The molecule has 148 valence electrons. The van der Waals surface area contributed by atoms with E-state index in [0.29, 0.717) is 12.2 Å². The highest BCUT2D eigenvalue weighted by atomic mass is 19.1. The number of carbonyl (C=O) groups excluding carboxylic acids is 3. The smallest absolute Gasteiger partial charge is 0.326 e. The van der Waals surface area contributed by atoms with Crippen LogP contribution >= 0.6 is 0 Å². The molecule has 1 atom stereocenters. The van der Waals surface area contributed by atoms with Gasteiger partial charge in [0.15, 0.2) is 0 Å². The number of hydrogen-bond donors (Lipinski definition) is 1. The van der Waals surface area contributed by atoms with E-state index >= 15 is 0 Å². The second kappa shape index (κ2) is 7.38. The lowest BCUT2D eigenvalue weighted by molar-refractivity contribution is -0.509. The summed E-state index contributed by atoms with van der Waals surface area (Å²) in [6.07, 6.45) is -0.827. The van der Waals surface area contributed by atoms with E-state index in [2.05, 4.69) is 10.4 Å². The average molecular weight is 400 g/mol. The van der Waals surface area contributed by atoms with Crippen molar-refractivity contribution in [3.8, 4) is 0 Å². The molecule has 10 heteroatoms. The van der Waals surface area contributed by atoms with Gasteiger partial charge in [-0.1, -0.05) is 12.1 Å². The number of rotatable bonds is 4. The zero-order valence-electron chi connectivity index (χ0n) is 15.1. The van der Waals surface area contributed by atoms with E-state index in [4.69, 9.17) is 0 Å². The Kier molecular flexibility index (Phi) is 4.75. The largest absolute Gasteiger partial charge is 0.502 e. The van der Waals surface area contributed by atoms with Gasteiger partial charge in [-0.15, -0.1) is 0 Å². The Balaban J connectivity index is 1.56. The van der Waals surface area contributed by atoms with E-state index in [0.717, 1.165) is 4.70 Å². The molecule has 4 rings (SSSR count). The summed E-state index contributed by atoms with van der Waals surface area (Å²) in [5.74, 6) is -3.44. The molecule has 0 saturated carbocycles. The van der Waals surface area contributed by atoms with E-state index in [9.17, 15) is 23.2 Å². The van der Waals surface area contributed by atoms with E-state index in [1.165, 1.54) is 35.2 Å². The third kappa shape index (κ3) is 3.56. The van der Waals surface area contributed by atoms with Gasteiger partial charge >= 0.3 is 11.8 Å². The van der Waals surface area contributed by atoms with Gasteiger partial charge in [-0.3, -0.25) is 14.5 Å². The topological polar surface area (TPSA) is 85.1 Å². The SMILES string of the molecule is O=C(C[N+]1=NC2N(CCN2c2ccc(F)cc2)C(=O)C1=O)Nc1ccccc1F. The van der Waals surface area contributed by atoms with Crippen molar-refractivity contribution >= 4 is 29.1 Å². The lowest BCUT2D eigenvalue weighted by atomic mass is 10.3. The van der Waals surface area contributed by atoms with Crippen molar-refractivity contribution in [1.82, 2.24) is 4.90 Å². The zero-order valence-corrected chi connectivity index (χ0v) is 15.1. The van der Waals surface area contributed by atoms with E-state index in [1.807, 2.05) is 0 Å². The molecule has 2 heterocycles. The van der Waals surface area contributed by atoms with Crippen molar-refractivity contribution < 1.29 is 27.9 Å². The molecule has 1 unspecified atom stereocenters. The summed E-state index contributed by atoms with van der Waals surface area (Å²) in [6, 6.07) is 11.3.